The number of nitrogens with zero attached hydrogens (tertiary/aromatic N) is 1. The molecule has 0 N–H and O–H groups in total. The highest BCUT2D eigenvalue weighted by atomic mass is 16.5. The molecule has 0 aromatic heterocycles. The summed E-state index contributed by atoms with van der Waals surface area (Å²) in [5.41, 5.74) is 3.67. The molecule has 0 spiro atoms. The molecule has 0 atom stereocenters. The number of carbonyl (C=O) groups excluding carboxylic acids is 2. The molecule has 0 aliphatic rings. The van der Waals surface area contributed by atoms with Crippen molar-refractivity contribution in [2.45, 2.75) is 20.4 Å². The quantitative estimate of drug-likeness (QED) is 0.797. The molecule has 0 saturated carbocycles. The number of carbonyl (C=O) groups is 2. The Kier molecular flexibility index (Phi) is 5.52. The number of rotatable bonds is 5. The molecule has 0 saturated heterocycles. The zero-order valence-electron chi connectivity index (χ0n) is 13.7. The van der Waals surface area contributed by atoms with Crippen molar-refractivity contribution in [3.8, 4) is 0 Å². The van der Waals surface area contributed by atoms with Crippen molar-refractivity contribution < 1.29 is 14.3 Å². The van der Waals surface area contributed by atoms with Gasteiger partial charge in [0.2, 0.25) is 0 Å². The molecule has 2 aromatic carbocycles. The van der Waals surface area contributed by atoms with E-state index in [9.17, 15) is 9.59 Å². The number of aryl methyl sites for hydroxylation is 2. The molecule has 0 heterocycles. The van der Waals surface area contributed by atoms with Crippen LogP contribution in [0.3, 0.4) is 0 Å². The van der Waals surface area contributed by atoms with Crippen molar-refractivity contribution in [2.24, 2.45) is 0 Å². The lowest BCUT2D eigenvalue weighted by Crippen LogP contribution is -2.36. The van der Waals surface area contributed by atoms with Gasteiger partial charge in [0.1, 0.15) is 6.54 Å². The van der Waals surface area contributed by atoms with Crippen LogP contribution in [0.25, 0.3) is 0 Å². The zero-order chi connectivity index (χ0) is 16.8. The smallest absolute Gasteiger partial charge is 0.325 e. The van der Waals surface area contributed by atoms with E-state index in [2.05, 4.69) is 0 Å². The van der Waals surface area contributed by atoms with E-state index in [1.165, 1.54) is 12.0 Å². The molecular formula is C19H21NO3. The first-order valence-electron chi connectivity index (χ1n) is 7.48. The van der Waals surface area contributed by atoms with E-state index in [1.807, 2.05) is 56.3 Å². The summed E-state index contributed by atoms with van der Waals surface area (Å²) in [6.45, 7) is 4.22. The third-order valence-corrected chi connectivity index (χ3v) is 3.72. The van der Waals surface area contributed by atoms with Gasteiger partial charge in [-0.25, -0.2) is 0 Å². The normalized spacial score (nSPS) is 10.2. The first-order chi connectivity index (χ1) is 11.0. The first kappa shape index (κ1) is 16.7. The molecule has 0 unspecified atom stereocenters. The van der Waals surface area contributed by atoms with Gasteiger partial charge in [-0.3, -0.25) is 9.59 Å². The van der Waals surface area contributed by atoms with Gasteiger partial charge in [-0.05, 0) is 37.1 Å². The van der Waals surface area contributed by atoms with E-state index < -0.39 is 5.97 Å². The maximum Gasteiger partial charge on any atom is 0.325 e. The standard InChI is InChI=1S/C19H21NO3/c1-14-7-6-10-16(11-14)19(22)20(13-18(21)23-3)12-17-9-5-4-8-15(17)2/h4-11H,12-13H2,1-3H3. The summed E-state index contributed by atoms with van der Waals surface area (Å²) in [5, 5.41) is 0. The summed E-state index contributed by atoms with van der Waals surface area (Å²) in [7, 11) is 1.32. The predicted molar refractivity (Wildman–Crippen MR) is 89.1 cm³/mol. The van der Waals surface area contributed by atoms with Crippen molar-refractivity contribution in [3.05, 3.63) is 70.8 Å². The molecule has 4 nitrogen and oxygen atoms in total. The Morgan fingerprint density at radius 3 is 2.43 bits per heavy atom. The predicted octanol–water partition coefficient (Wildman–Crippen LogP) is 3.12. The minimum atomic E-state index is -0.431. The molecule has 0 aliphatic heterocycles. The summed E-state index contributed by atoms with van der Waals surface area (Å²) in [6, 6.07) is 15.2. The van der Waals surface area contributed by atoms with Gasteiger partial charge in [0.25, 0.3) is 5.91 Å². The summed E-state index contributed by atoms with van der Waals surface area (Å²) >= 11 is 0. The molecule has 2 rings (SSSR count). The van der Waals surface area contributed by atoms with Gasteiger partial charge in [-0.2, -0.15) is 0 Å². The molecule has 0 aliphatic carbocycles. The van der Waals surface area contributed by atoms with Crippen LogP contribution in [0.1, 0.15) is 27.0 Å². The van der Waals surface area contributed by atoms with Crippen molar-refractivity contribution in [1.29, 1.82) is 0 Å². The maximum absolute atomic E-state index is 12.8. The minimum absolute atomic E-state index is 0.0718. The monoisotopic (exact) mass is 311 g/mol. The highest BCUT2D eigenvalue weighted by Gasteiger charge is 2.20. The van der Waals surface area contributed by atoms with Gasteiger partial charge in [0.05, 0.1) is 7.11 Å². The maximum atomic E-state index is 12.8. The van der Waals surface area contributed by atoms with Crippen LogP contribution in [0.15, 0.2) is 48.5 Å². The minimum Gasteiger partial charge on any atom is -0.468 e. The number of hydrogen-bond acceptors (Lipinski definition) is 3. The fourth-order valence-corrected chi connectivity index (χ4v) is 2.37. The molecule has 0 radical (unpaired) electrons. The number of amides is 1. The number of hydrogen-bond donors (Lipinski definition) is 0. The highest BCUT2D eigenvalue weighted by Crippen LogP contribution is 2.14. The van der Waals surface area contributed by atoms with E-state index in [1.54, 1.807) is 6.07 Å². The van der Waals surface area contributed by atoms with Crippen LogP contribution in [0.5, 0.6) is 0 Å². The van der Waals surface area contributed by atoms with Gasteiger partial charge in [-0.15, -0.1) is 0 Å². The lowest BCUT2D eigenvalue weighted by molar-refractivity contribution is -0.141. The fraction of sp³-hybridized carbons (Fsp3) is 0.263. The van der Waals surface area contributed by atoms with Gasteiger partial charge >= 0.3 is 5.97 Å². The Balaban J connectivity index is 2.28. The number of esters is 1. The number of methoxy groups -OCH3 is 1. The lowest BCUT2D eigenvalue weighted by Gasteiger charge is -2.22. The molecule has 120 valence electrons. The lowest BCUT2D eigenvalue weighted by atomic mass is 10.1. The van der Waals surface area contributed by atoms with E-state index in [0.717, 1.165) is 16.7 Å². The summed E-state index contributed by atoms with van der Waals surface area (Å²) < 4.78 is 4.73. The van der Waals surface area contributed by atoms with Crippen LogP contribution in [-0.2, 0) is 16.1 Å². The van der Waals surface area contributed by atoms with Crippen molar-refractivity contribution in [1.82, 2.24) is 4.90 Å². The van der Waals surface area contributed by atoms with Gasteiger partial charge in [0.15, 0.2) is 0 Å². The van der Waals surface area contributed by atoms with Gasteiger partial charge in [-0.1, -0.05) is 42.0 Å². The molecular weight excluding hydrogens is 290 g/mol. The average Bonchev–Trinajstić information content (AvgIpc) is 2.55. The SMILES string of the molecule is COC(=O)CN(Cc1ccccc1C)C(=O)c1cccc(C)c1. The third-order valence-electron chi connectivity index (χ3n) is 3.72. The number of ether oxygens (including phenoxy) is 1. The molecule has 23 heavy (non-hydrogen) atoms. The Morgan fingerprint density at radius 2 is 1.78 bits per heavy atom. The van der Waals surface area contributed by atoms with E-state index in [4.69, 9.17) is 4.74 Å². The van der Waals surface area contributed by atoms with Gasteiger partial charge < -0.3 is 9.64 Å². The Labute approximate surface area is 136 Å². The molecule has 2 aromatic rings. The van der Waals surface area contributed by atoms with Crippen LogP contribution >= 0.6 is 0 Å². The summed E-state index contributed by atoms with van der Waals surface area (Å²) in [5.74, 6) is -0.609. The molecule has 1 amide bonds. The summed E-state index contributed by atoms with van der Waals surface area (Å²) in [4.78, 5) is 26.0. The Bertz CT molecular complexity index is 709. The molecule has 0 bridgehead atoms. The molecule has 0 fully saturated rings. The fourth-order valence-electron chi connectivity index (χ4n) is 2.37. The van der Waals surface area contributed by atoms with Crippen molar-refractivity contribution >= 4 is 11.9 Å². The van der Waals surface area contributed by atoms with E-state index in [-0.39, 0.29) is 12.5 Å². The van der Waals surface area contributed by atoms with Crippen LogP contribution in [0.2, 0.25) is 0 Å². The second-order valence-electron chi connectivity index (χ2n) is 5.53. The van der Waals surface area contributed by atoms with Crippen molar-refractivity contribution in [3.63, 3.8) is 0 Å². The third kappa shape index (κ3) is 4.42. The van der Waals surface area contributed by atoms with Gasteiger partial charge in [0, 0.05) is 12.1 Å². The van der Waals surface area contributed by atoms with Crippen LogP contribution < -0.4 is 0 Å². The van der Waals surface area contributed by atoms with Crippen LogP contribution in [-0.4, -0.2) is 30.4 Å². The van der Waals surface area contributed by atoms with Crippen molar-refractivity contribution in [2.75, 3.05) is 13.7 Å². The second kappa shape index (κ2) is 7.58. The summed E-state index contributed by atoms with van der Waals surface area (Å²) in [6.07, 6.45) is 0. The molecule has 4 heteroatoms. The Hall–Kier alpha value is -2.62. The van der Waals surface area contributed by atoms with E-state index in [0.29, 0.717) is 12.1 Å². The van der Waals surface area contributed by atoms with E-state index >= 15 is 0 Å². The second-order valence-corrected chi connectivity index (χ2v) is 5.53. The first-order valence-corrected chi connectivity index (χ1v) is 7.48. The highest BCUT2D eigenvalue weighted by molar-refractivity contribution is 5.96. The number of benzene rings is 2. The van der Waals surface area contributed by atoms with Crippen LogP contribution in [0, 0.1) is 13.8 Å². The Morgan fingerprint density at radius 1 is 1.04 bits per heavy atom. The largest absolute Gasteiger partial charge is 0.468 e. The van der Waals surface area contributed by atoms with Crippen LogP contribution in [0.4, 0.5) is 0 Å². The topological polar surface area (TPSA) is 46.6 Å². The average molecular weight is 311 g/mol. The zero-order valence-corrected chi connectivity index (χ0v) is 13.7.